The minimum absolute atomic E-state index is 0.0139. The Morgan fingerprint density at radius 1 is 1.32 bits per heavy atom. The summed E-state index contributed by atoms with van der Waals surface area (Å²) < 4.78 is 27.1. The van der Waals surface area contributed by atoms with E-state index < -0.39 is 10.0 Å². The van der Waals surface area contributed by atoms with Gasteiger partial charge in [0.15, 0.2) is 5.82 Å². The molecule has 1 aromatic heterocycles. The van der Waals surface area contributed by atoms with Crippen LogP contribution in [0.3, 0.4) is 0 Å². The summed E-state index contributed by atoms with van der Waals surface area (Å²) in [4.78, 5) is -0.192. The zero-order valence-electron chi connectivity index (χ0n) is 9.06. The first-order valence-corrected chi connectivity index (χ1v) is 7.80. The minimum Gasteiger partial charge on any atom is -0.207 e. The van der Waals surface area contributed by atoms with Crippen LogP contribution in [-0.4, -0.2) is 29.0 Å². The number of hydrogen-bond acceptors (Lipinski definition) is 5. The fourth-order valence-electron chi connectivity index (χ4n) is 1.27. The Morgan fingerprint density at radius 3 is 2.47 bits per heavy atom. The first-order chi connectivity index (χ1) is 8.90. The lowest BCUT2D eigenvalue weighted by Crippen LogP contribution is -2.24. The highest BCUT2D eigenvalue weighted by Gasteiger charge is 2.22. The van der Waals surface area contributed by atoms with Crippen LogP contribution in [0.5, 0.6) is 0 Å². The van der Waals surface area contributed by atoms with Crippen molar-refractivity contribution >= 4 is 49.2 Å². The SMILES string of the molecule is O=S(=O)(NCc1nn[nH]n1)c1c(Cl)cc(Br)cc1Cl. The van der Waals surface area contributed by atoms with Gasteiger partial charge in [0, 0.05) is 4.47 Å². The van der Waals surface area contributed by atoms with Gasteiger partial charge in [0.1, 0.15) is 4.90 Å². The number of nitrogens with zero attached hydrogens (tertiary/aromatic N) is 3. The Kier molecular flexibility index (Phi) is 4.41. The van der Waals surface area contributed by atoms with Crippen LogP contribution in [0.2, 0.25) is 10.0 Å². The van der Waals surface area contributed by atoms with E-state index >= 15 is 0 Å². The maximum Gasteiger partial charge on any atom is 0.243 e. The molecule has 0 saturated carbocycles. The lowest BCUT2D eigenvalue weighted by Gasteiger charge is -2.09. The summed E-state index contributed by atoms with van der Waals surface area (Å²) in [6.45, 7) is -0.123. The van der Waals surface area contributed by atoms with Crippen LogP contribution < -0.4 is 4.72 Å². The number of halogens is 3. The monoisotopic (exact) mass is 385 g/mol. The van der Waals surface area contributed by atoms with Crippen LogP contribution in [0.25, 0.3) is 0 Å². The zero-order chi connectivity index (χ0) is 14.0. The Bertz CT molecular complexity index is 668. The Hall–Kier alpha value is -0.740. The number of H-pyrrole nitrogens is 1. The second-order valence-corrected chi connectivity index (χ2v) is 6.79. The van der Waals surface area contributed by atoms with Gasteiger partial charge >= 0.3 is 0 Å². The molecular weight excluding hydrogens is 381 g/mol. The van der Waals surface area contributed by atoms with E-state index in [9.17, 15) is 8.42 Å². The van der Waals surface area contributed by atoms with E-state index in [4.69, 9.17) is 23.2 Å². The van der Waals surface area contributed by atoms with Crippen molar-refractivity contribution in [3.63, 3.8) is 0 Å². The van der Waals surface area contributed by atoms with Gasteiger partial charge in [0.25, 0.3) is 0 Å². The molecule has 0 spiro atoms. The molecule has 0 aliphatic heterocycles. The Morgan fingerprint density at radius 2 is 1.95 bits per heavy atom. The van der Waals surface area contributed by atoms with Crippen LogP contribution in [0.4, 0.5) is 0 Å². The predicted molar refractivity (Wildman–Crippen MR) is 72.4 cm³/mol. The fraction of sp³-hybridized carbons (Fsp3) is 0.125. The number of hydrogen-bond donors (Lipinski definition) is 2. The highest BCUT2D eigenvalue weighted by atomic mass is 79.9. The first kappa shape index (κ1) is 14.7. The van der Waals surface area contributed by atoms with Gasteiger partial charge in [0.2, 0.25) is 10.0 Å². The second kappa shape index (κ2) is 5.71. The molecule has 0 amide bonds. The third-order valence-electron chi connectivity index (χ3n) is 2.04. The normalized spacial score (nSPS) is 11.7. The number of tetrazole rings is 1. The molecule has 2 aromatic rings. The van der Waals surface area contributed by atoms with Gasteiger partial charge in [0.05, 0.1) is 16.6 Å². The van der Waals surface area contributed by atoms with E-state index in [0.717, 1.165) is 0 Å². The summed E-state index contributed by atoms with van der Waals surface area (Å²) >= 11 is 15.0. The number of aromatic amines is 1. The fourth-order valence-corrected chi connectivity index (χ4v) is 4.19. The van der Waals surface area contributed by atoms with Crippen molar-refractivity contribution in [3.8, 4) is 0 Å². The van der Waals surface area contributed by atoms with Crippen LogP contribution in [0.15, 0.2) is 21.5 Å². The van der Waals surface area contributed by atoms with Gasteiger partial charge in [-0.05, 0) is 12.1 Å². The molecule has 0 atom stereocenters. The Balaban J connectivity index is 2.29. The average molecular weight is 387 g/mol. The lowest BCUT2D eigenvalue weighted by molar-refractivity contribution is 0.579. The van der Waals surface area contributed by atoms with Gasteiger partial charge in [-0.1, -0.05) is 44.3 Å². The molecule has 0 fully saturated rings. The van der Waals surface area contributed by atoms with E-state index in [1.54, 1.807) is 0 Å². The van der Waals surface area contributed by atoms with Crippen LogP contribution >= 0.6 is 39.1 Å². The molecule has 0 unspecified atom stereocenters. The number of rotatable bonds is 4. The molecule has 0 aliphatic carbocycles. The van der Waals surface area contributed by atoms with Gasteiger partial charge in [-0.2, -0.15) is 5.21 Å². The van der Waals surface area contributed by atoms with Crippen molar-refractivity contribution in [3.05, 3.63) is 32.5 Å². The number of benzene rings is 1. The molecule has 0 saturated heterocycles. The summed E-state index contributed by atoms with van der Waals surface area (Å²) in [7, 11) is -3.87. The third-order valence-corrected chi connectivity index (χ3v) is 4.82. The maximum atomic E-state index is 12.1. The molecular formula is C8H6BrCl2N5O2S. The summed E-state index contributed by atoms with van der Waals surface area (Å²) in [5, 5.41) is 12.8. The first-order valence-electron chi connectivity index (χ1n) is 4.76. The van der Waals surface area contributed by atoms with Gasteiger partial charge in [-0.25, -0.2) is 13.1 Å². The van der Waals surface area contributed by atoms with E-state index in [-0.39, 0.29) is 27.3 Å². The molecule has 19 heavy (non-hydrogen) atoms. The molecule has 1 aromatic carbocycles. The maximum absolute atomic E-state index is 12.1. The molecule has 0 bridgehead atoms. The molecule has 0 radical (unpaired) electrons. The lowest BCUT2D eigenvalue weighted by atomic mass is 10.4. The van der Waals surface area contributed by atoms with Crippen molar-refractivity contribution in [1.29, 1.82) is 0 Å². The minimum atomic E-state index is -3.87. The largest absolute Gasteiger partial charge is 0.243 e. The van der Waals surface area contributed by atoms with Gasteiger partial charge in [-0.15, -0.1) is 10.2 Å². The molecule has 2 N–H and O–H groups in total. The number of aromatic nitrogens is 4. The van der Waals surface area contributed by atoms with E-state index in [2.05, 4.69) is 41.3 Å². The van der Waals surface area contributed by atoms with Crippen molar-refractivity contribution in [2.45, 2.75) is 11.4 Å². The van der Waals surface area contributed by atoms with E-state index in [1.807, 2.05) is 0 Å². The molecule has 102 valence electrons. The van der Waals surface area contributed by atoms with Gasteiger partial charge in [-0.3, -0.25) is 0 Å². The summed E-state index contributed by atoms with van der Waals surface area (Å²) in [6.07, 6.45) is 0. The van der Waals surface area contributed by atoms with Crippen molar-refractivity contribution in [1.82, 2.24) is 25.3 Å². The number of nitrogens with one attached hydrogen (secondary N) is 2. The van der Waals surface area contributed by atoms with Crippen LogP contribution in [0.1, 0.15) is 5.82 Å². The molecule has 11 heteroatoms. The van der Waals surface area contributed by atoms with Crippen molar-refractivity contribution in [2.24, 2.45) is 0 Å². The Labute approximate surface area is 126 Å². The van der Waals surface area contributed by atoms with E-state index in [0.29, 0.717) is 4.47 Å². The smallest absolute Gasteiger partial charge is 0.207 e. The summed E-state index contributed by atoms with van der Waals surface area (Å²) in [6, 6.07) is 2.88. The van der Waals surface area contributed by atoms with Crippen molar-refractivity contribution < 1.29 is 8.42 Å². The second-order valence-electron chi connectivity index (χ2n) is 3.35. The number of sulfonamides is 1. The van der Waals surface area contributed by atoms with E-state index in [1.165, 1.54) is 12.1 Å². The predicted octanol–water partition coefficient (Wildman–Crippen LogP) is 1.75. The highest BCUT2D eigenvalue weighted by molar-refractivity contribution is 9.10. The highest BCUT2D eigenvalue weighted by Crippen LogP contribution is 2.32. The molecule has 1 heterocycles. The standard InChI is InChI=1S/C8H6BrCl2N5O2S/c9-4-1-5(10)8(6(11)2-4)19(17,18)12-3-7-13-15-16-14-7/h1-2,12H,3H2,(H,13,14,15,16). The zero-order valence-corrected chi connectivity index (χ0v) is 13.0. The molecule has 7 nitrogen and oxygen atoms in total. The molecule has 2 rings (SSSR count). The third kappa shape index (κ3) is 3.42. The van der Waals surface area contributed by atoms with Gasteiger partial charge < -0.3 is 0 Å². The van der Waals surface area contributed by atoms with Crippen LogP contribution in [0, 0.1) is 0 Å². The van der Waals surface area contributed by atoms with Crippen LogP contribution in [-0.2, 0) is 16.6 Å². The van der Waals surface area contributed by atoms with Crippen molar-refractivity contribution in [2.75, 3.05) is 0 Å². The average Bonchev–Trinajstić information content (AvgIpc) is 2.77. The summed E-state index contributed by atoms with van der Waals surface area (Å²) in [5.41, 5.74) is 0. The molecule has 0 aliphatic rings. The topological polar surface area (TPSA) is 101 Å². The quantitative estimate of drug-likeness (QED) is 0.833. The summed E-state index contributed by atoms with van der Waals surface area (Å²) in [5.74, 6) is 0.202.